The van der Waals surface area contributed by atoms with E-state index in [2.05, 4.69) is 16.9 Å². The summed E-state index contributed by atoms with van der Waals surface area (Å²) in [6, 6.07) is 0.902. The van der Waals surface area contributed by atoms with E-state index >= 15 is 0 Å². The average molecular weight is 452 g/mol. The second-order valence-corrected chi connectivity index (χ2v) is 9.59. The first-order valence-corrected chi connectivity index (χ1v) is 11.1. The summed E-state index contributed by atoms with van der Waals surface area (Å²) in [6.07, 6.45) is 13.8. The Hall–Kier alpha value is -0.240. The normalized spacial score (nSPS) is 27.5. The van der Waals surface area contributed by atoms with Crippen molar-refractivity contribution in [3.05, 3.63) is 32.7 Å². The maximum Gasteiger partial charge on any atom is 0.0896 e. The van der Waals surface area contributed by atoms with E-state index in [4.69, 9.17) is 11.5 Å². The van der Waals surface area contributed by atoms with Crippen LogP contribution in [0, 0.1) is 6.92 Å². The van der Waals surface area contributed by atoms with Gasteiger partial charge in [-0.05, 0) is 70.1 Å². The number of aromatic nitrogens is 2. The SMILES string of the molecule is Cc1ncc(C2CCC(N)CC2)s1.Cl.Cl.NC1CCC(c2cncs2)CC1. The molecule has 0 aromatic carbocycles. The minimum absolute atomic E-state index is 0. The first-order valence-electron chi connectivity index (χ1n) is 9.43. The summed E-state index contributed by atoms with van der Waals surface area (Å²) in [6.45, 7) is 2.07. The summed E-state index contributed by atoms with van der Waals surface area (Å²) in [7, 11) is 0. The van der Waals surface area contributed by atoms with Crippen molar-refractivity contribution >= 4 is 47.5 Å². The fourth-order valence-electron chi connectivity index (χ4n) is 3.80. The van der Waals surface area contributed by atoms with Crippen molar-refractivity contribution in [1.82, 2.24) is 9.97 Å². The molecule has 8 heteroatoms. The Bertz CT molecular complexity index is 619. The topological polar surface area (TPSA) is 77.8 Å². The molecule has 4 nitrogen and oxygen atoms in total. The summed E-state index contributed by atoms with van der Waals surface area (Å²) in [4.78, 5) is 11.3. The average Bonchev–Trinajstić information content (AvgIpc) is 3.29. The van der Waals surface area contributed by atoms with E-state index in [9.17, 15) is 0 Å². The van der Waals surface area contributed by atoms with E-state index < -0.39 is 0 Å². The molecule has 2 saturated carbocycles. The molecule has 0 spiro atoms. The van der Waals surface area contributed by atoms with Gasteiger partial charge < -0.3 is 11.5 Å². The Morgan fingerprint density at radius 1 is 0.815 bits per heavy atom. The van der Waals surface area contributed by atoms with Crippen molar-refractivity contribution in [2.75, 3.05) is 0 Å². The summed E-state index contributed by atoms with van der Waals surface area (Å²) in [5.41, 5.74) is 13.6. The molecular weight excluding hydrogens is 419 g/mol. The highest BCUT2D eigenvalue weighted by Crippen LogP contribution is 2.35. The van der Waals surface area contributed by atoms with Crippen LogP contribution < -0.4 is 11.5 Å². The van der Waals surface area contributed by atoms with Crippen LogP contribution in [0.2, 0.25) is 0 Å². The molecule has 2 aliphatic carbocycles. The Balaban J connectivity index is 0.000000252. The number of aryl methyl sites for hydroxylation is 1. The van der Waals surface area contributed by atoms with Gasteiger partial charge in [-0.25, -0.2) is 4.98 Å². The fraction of sp³-hybridized carbons (Fsp3) is 0.684. The Kier molecular flexibility index (Phi) is 11.3. The van der Waals surface area contributed by atoms with E-state index in [1.165, 1.54) is 66.1 Å². The van der Waals surface area contributed by atoms with Crippen LogP contribution >= 0.6 is 47.5 Å². The molecule has 0 bridgehead atoms. The Morgan fingerprint density at radius 3 is 1.74 bits per heavy atom. The third kappa shape index (κ3) is 7.59. The maximum atomic E-state index is 5.87. The first kappa shape index (κ1) is 24.8. The highest BCUT2D eigenvalue weighted by Gasteiger charge is 2.21. The van der Waals surface area contributed by atoms with Gasteiger partial charge in [0.05, 0.1) is 10.5 Å². The van der Waals surface area contributed by atoms with Crippen molar-refractivity contribution in [3.8, 4) is 0 Å². The van der Waals surface area contributed by atoms with Gasteiger partial charge in [0.1, 0.15) is 0 Å². The lowest BCUT2D eigenvalue weighted by Gasteiger charge is -2.24. The second kappa shape index (κ2) is 12.3. The van der Waals surface area contributed by atoms with Crippen molar-refractivity contribution in [1.29, 1.82) is 0 Å². The zero-order valence-electron chi connectivity index (χ0n) is 15.9. The van der Waals surface area contributed by atoms with Gasteiger partial charge in [0.2, 0.25) is 0 Å². The van der Waals surface area contributed by atoms with Gasteiger partial charge >= 0.3 is 0 Å². The van der Waals surface area contributed by atoms with E-state index in [-0.39, 0.29) is 24.8 Å². The number of hydrogen-bond donors (Lipinski definition) is 2. The number of hydrogen-bond acceptors (Lipinski definition) is 6. The quantitative estimate of drug-likeness (QED) is 0.640. The zero-order chi connectivity index (χ0) is 17.6. The summed E-state index contributed by atoms with van der Waals surface area (Å²) >= 11 is 3.62. The number of rotatable bonds is 2. The molecule has 27 heavy (non-hydrogen) atoms. The number of thiazole rings is 2. The molecule has 4 rings (SSSR count). The van der Waals surface area contributed by atoms with Crippen LogP contribution in [0.4, 0.5) is 0 Å². The van der Waals surface area contributed by atoms with Crippen LogP contribution in [-0.4, -0.2) is 22.1 Å². The predicted molar refractivity (Wildman–Crippen MR) is 122 cm³/mol. The van der Waals surface area contributed by atoms with E-state index in [0.717, 1.165) is 11.8 Å². The summed E-state index contributed by atoms with van der Waals surface area (Å²) < 4.78 is 0. The second-order valence-electron chi connectivity index (χ2n) is 7.41. The van der Waals surface area contributed by atoms with Gasteiger partial charge in [0, 0.05) is 34.2 Å². The lowest BCUT2D eigenvalue weighted by atomic mass is 9.86. The van der Waals surface area contributed by atoms with Gasteiger partial charge in [-0.3, -0.25) is 4.98 Å². The Labute approximate surface area is 183 Å². The molecule has 2 aromatic heterocycles. The molecule has 0 saturated heterocycles. The lowest BCUT2D eigenvalue weighted by molar-refractivity contribution is 0.399. The van der Waals surface area contributed by atoms with Gasteiger partial charge in [-0.15, -0.1) is 47.5 Å². The first-order chi connectivity index (χ1) is 12.1. The van der Waals surface area contributed by atoms with Gasteiger partial charge in [0.15, 0.2) is 0 Å². The van der Waals surface area contributed by atoms with Crippen LogP contribution in [0.1, 0.15) is 78.0 Å². The molecular formula is C19H32Cl2N4S2. The molecule has 0 radical (unpaired) electrons. The predicted octanol–water partition coefficient (Wildman–Crippen LogP) is 5.41. The van der Waals surface area contributed by atoms with E-state index in [0.29, 0.717) is 12.1 Å². The highest BCUT2D eigenvalue weighted by atomic mass is 35.5. The smallest absolute Gasteiger partial charge is 0.0896 e. The van der Waals surface area contributed by atoms with Crippen molar-refractivity contribution in [2.45, 2.75) is 82.2 Å². The fourth-order valence-corrected chi connectivity index (χ4v) is 5.55. The minimum atomic E-state index is 0. The highest BCUT2D eigenvalue weighted by molar-refractivity contribution is 7.11. The van der Waals surface area contributed by atoms with E-state index in [1.54, 1.807) is 11.3 Å². The van der Waals surface area contributed by atoms with E-state index in [1.807, 2.05) is 29.2 Å². The molecule has 0 atom stereocenters. The molecule has 2 aromatic rings. The van der Waals surface area contributed by atoms with Crippen LogP contribution in [0.25, 0.3) is 0 Å². The molecule has 2 fully saturated rings. The Morgan fingerprint density at radius 2 is 1.33 bits per heavy atom. The lowest BCUT2D eigenvalue weighted by Crippen LogP contribution is -2.25. The van der Waals surface area contributed by atoms with Crippen LogP contribution in [-0.2, 0) is 0 Å². The zero-order valence-corrected chi connectivity index (χ0v) is 19.1. The van der Waals surface area contributed by atoms with Crippen molar-refractivity contribution in [2.24, 2.45) is 11.5 Å². The molecule has 2 aliphatic rings. The molecule has 0 amide bonds. The molecule has 0 aliphatic heterocycles. The molecule has 154 valence electrons. The number of nitrogens with zero attached hydrogens (tertiary/aromatic N) is 2. The third-order valence-electron chi connectivity index (χ3n) is 5.44. The third-order valence-corrected chi connectivity index (χ3v) is 7.45. The largest absolute Gasteiger partial charge is 0.328 e. The molecule has 0 unspecified atom stereocenters. The number of nitrogens with two attached hydrogens (primary N) is 2. The number of halogens is 2. The van der Waals surface area contributed by atoms with Gasteiger partial charge in [-0.1, -0.05) is 0 Å². The van der Waals surface area contributed by atoms with Crippen LogP contribution in [0.15, 0.2) is 17.9 Å². The van der Waals surface area contributed by atoms with Crippen molar-refractivity contribution in [3.63, 3.8) is 0 Å². The summed E-state index contributed by atoms with van der Waals surface area (Å²) in [5, 5.41) is 1.19. The van der Waals surface area contributed by atoms with Gasteiger partial charge in [0.25, 0.3) is 0 Å². The monoisotopic (exact) mass is 450 g/mol. The standard InChI is InChI=1S/C10H16N2S.C9H14N2S.2ClH/c1-7-12-6-10(13-7)8-2-4-9(11)5-3-8;10-8-3-1-7(2-4-8)9-5-11-6-12-9;;/h6,8-9H,2-5,11H2,1H3;5-8H,1-4,10H2;2*1H. The maximum absolute atomic E-state index is 5.87. The van der Waals surface area contributed by atoms with Crippen LogP contribution in [0.5, 0.6) is 0 Å². The molecule has 2 heterocycles. The molecule has 4 N–H and O–H groups in total. The summed E-state index contributed by atoms with van der Waals surface area (Å²) in [5.74, 6) is 1.49. The minimum Gasteiger partial charge on any atom is -0.328 e. The van der Waals surface area contributed by atoms with Crippen molar-refractivity contribution < 1.29 is 0 Å². The van der Waals surface area contributed by atoms with Gasteiger partial charge in [-0.2, -0.15) is 0 Å². The van der Waals surface area contributed by atoms with Crippen LogP contribution in [0.3, 0.4) is 0 Å².